The minimum Gasteiger partial charge on any atom is -0.467 e. The van der Waals surface area contributed by atoms with Crippen molar-refractivity contribution >= 4 is 28.2 Å². The highest BCUT2D eigenvalue weighted by molar-refractivity contribution is 7.15. The minimum atomic E-state index is -0.457. The van der Waals surface area contributed by atoms with Crippen LogP contribution in [-0.2, 0) is 16.1 Å². The van der Waals surface area contributed by atoms with Crippen LogP contribution in [0, 0.1) is 0 Å². The maximum atomic E-state index is 13.0. The third-order valence-electron chi connectivity index (χ3n) is 4.57. The summed E-state index contributed by atoms with van der Waals surface area (Å²) in [5.41, 5.74) is 2.15. The van der Waals surface area contributed by atoms with Crippen LogP contribution in [0.1, 0.15) is 29.0 Å². The van der Waals surface area contributed by atoms with E-state index in [0.29, 0.717) is 29.4 Å². The molecular weight excluding hydrogens is 376 g/mol. The van der Waals surface area contributed by atoms with Gasteiger partial charge >= 0.3 is 0 Å². The fourth-order valence-electron chi connectivity index (χ4n) is 3.15. The van der Waals surface area contributed by atoms with E-state index in [2.05, 4.69) is 10.6 Å². The van der Waals surface area contributed by atoms with Gasteiger partial charge in [0.2, 0.25) is 0 Å². The molecule has 1 aromatic carbocycles. The van der Waals surface area contributed by atoms with Gasteiger partial charge in [-0.2, -0.15) is 0 Å². The molecule has 2 N–H and O–H groups in total. The van der Waals surface area contributed by atoms with Crippen LogP contribution in [0.15, 0.2) is 58.5 Å². The molecule has 7 heteroatoms. The summed E-state index contributed by atoms with van der Waals surface area (Å²) in [5, 5.41) is 8.17. The summed E-state index contributed by atoms with van der Waals surface area (Å²) in [5.74, 6) is 0.188. The Labute approximate surface area is 166 Å². The lowest BCUT2D eigenvalue weighted by Gasteiger charge is -2.12. The van der Waals surface area contributed by atoms with Crippen molar-refractivity contribution in [2.24, 2.45) is 0 Å². The molecule has 28 heavy (non-hydrogen) atoms. The predicted octanol–water partition coefficient (Wildman–Crippen LogP) is 4.06. The zero-order chi connectivity index (χ0) is 19.3. The van der Waals surface area contributed by atoms with Crippen LogP contribution < -0.4 is 10.6 Å². The van der Waals surface area contributed by atoms with E-state index < -0.39 is 6.10 Å². The van der Waals surface area contributed by atoms with Crippen LogP contribution in [0.5, 0.6) is 0 Å². The van der Waals surface area contributed by atoms with Crippen molar-refractivity contribution in [3.05, 3.63) is 65.4 Å². The number of furan rings is 1. The first kappa shape index (κ1) is 18.5. The van der Waals surface area contributed by atoms with Gasteiger partial charge < -0.3 is 19.8 Å². The number of carbonyl (C=O) groups excluding carboxylic acids is 2. The number of carbonyl (C=O) groups is 2. The molecule has 6 nitrogen and oxygen atoms in total. The summed E-state index contributed by atoms with van der Waals surface area (Å²) in [7, 11) is 0. The summed E-state index contributed by atoms with van der Waals surface area (Å²) < 4.78 is 10.7. The molecule has 0 unspecified atom stereocenters. The highest BCUT2D eigenvalue weighted by Crippen LogP contribution is 2.36. The van der Waals surface area contributed by atoms with Gasteiger partial charge in [-0.05, 0) is 30.5 Å². The molecule has 4 rings (SSSR count). The summed E-state index contributed by atoms with van der Waals surface area (Å²) >= 11 is 1.34. The predicted molar refractivity (Wildman–Crippen MR) is 107 cm³/mol. The van der Waals surface area contributed by atoms with Gasteiger partial charge in [0.05, 0.1) is 18.4 Å². The van der Waals surface area contributed by atoms with E-state index in [9.17, 15) is 9.59 Å². The Bertz CT molecular complexity index is 944. The second-order valence-electron chi connectivity index (χ2n) is 6.47. The van der Waals surface area contributed by atoms with Crippen molar-refractivity contribution < 1.29 is 18.7 Å². The molecule has 0 radical (unpaired) electrons. The van der Waals surface area contributed by atoms with Gasteiger partial charge in [-0.1, -0.05) is 30.3 Å². The molecule has 3 heterocycles. The number of benzene rings is 1. The molecule has 2 aromatic heterocycles. The smallest absolute Gasteiger partial charge is 0.255 e. The molecule has 0 saturated carbocycles. The fourth-order valence-corrected chi connectivity index (χ4v) is 4.12. The van der Waals surface area contributed by atoms with E-state index in [1.54, 1.807) is 18.4 Å². The highest BCUT2D eigenvalue weighted by atomic mass is 32.1. The molecule has 0 bridgehead atoms. The molecule has 1 aliphatic heterocycles. The monoisotopic (exact) mass is 396 g/mol. The Balaban J connectivity index is 1.60. The van der Waals surface area contributed by atoms with E-state index in [1.165, 1.54) is 11.3 Å². The maximum Gasteiger partial charge on any atom is 0.255 e. The third kappa shape index (κ3) is 4.00. The summed E-state index contributed by atoms with van der Waals surface area (Å²) in [6, 6.07) is 13.2. The number of thiophene rings is 1. The van der Waals surface area contributed by atoms with Crippen LogP contribution in [0.4, 0.5) is 5.00 Å². The Morgan fingerprint density at radius 3 is 2.71 bits per heavy atom. The van der Waals surface area contributed by atoms with Gasteiger partial charge in [-0.25, -0.2) is 0 Å². The van der Waals surface area contributed by atoms with Gasteiger partial charge in [0.25, 0.3) is 11.8 Å². The highest BCUT2D eigenvalue weighted by Gasteiger charge is 2.27. The van der Waals surface area contributed by atoms with Crippen LogP contribution in [0.25, 0.3) is 11.1 Å². The summed E-state index contributed by atoms with van der Waals surface area (Å²) in [6.07, 6.45) is 2.67. The Hall–Kier alpha value is -2.90. The van der Waals surface area contributed by atoms with E-state index in [-0.39, 0.29) is 18.4 Å². The van der Waals surface area contributed by atoms with Crippen LogP contribution >= 0.6 is 11.3 Å². The van der Waals surface area contributed by atoms with E-state index >= 15 is 0 Å². The summed E-state index contributed by atoms with van der Waals surface area (Å²) in [4.78, 5) is 25.5. The van der Waals surface area contributed by atoms with E-state index in [0.717, 1.165) is 17.5 Å². The van der Waals surface area contributed by atoms with Crippen molar-refractivity contribution in [3.8, 4) is 11.1 Å². The number of rotatable bonds is 6. The maximum absolute atomic E-state index is 13.0. The molecule has 0 aliphatic carbocycles. The molecule has 0 spiro atoms. The molecule has 2 amide bonds. The Kier molecular flexibility index (Phi) is 5.55. The quantitative estimate of drug-likeness (QED) is 0.659. The first-order valence-electron chi connectivity index (χ1n) is 9.12. The minimum absolute atomic E-state index is 0.209. The second-order valence-corrected chi connectivity index (χ2v) is 7.35. The number of hydrogen-bond donors (Lipinski definition) is 2. The summed E-state index contributed by atoms with van der Waals surface area (Å²) in [6.45, 7) is 0.864. The van der Waals surface area contributed by atoms with Gasteiger partial charge in [0.1, 0.15) is 16.9 Å². The first-order valence-corrected chi connectivity index (χ1v) is 10.0. The van der Waals surface area contributed by atoms with E-state index in [4.69, 9.17) is 9.15 Å². The number of hydrogen-bond acceptors (Lipinski definition) is 5. The lowest BCUT2D eigenvalue weighted by atomic mass is 10.0. The van der Waals surface area contributed by atoms with Gasteiger partial charge in [0.15, 0.2) is 0 Å². The topological polar surface area (TPSA) is 80.6 Å². The van der Waals surface area contributed by atoms with Crippen molar-refractivity contribution in [2.75, 3.05) is 11.9 Å². The molecule has 3 aromatic rings. The lowest BCUT2D eigenvalue weighted by Crippen LogP contribution is -2.28. The first-order chi connectivity index (χ1) is 13.7. The normalized spacial score (nSPS) is 16.1. The van der Waals surface area contributed by atoms with Crippen LogP contribution in [0.3, 0.4) is 0 Å². The fraction of sp³-hybridized carbons (Fsp3) is 0.238. The van der Waals surface area contributed by atoms with Crippen molar-refractivity contribution in [2.45, 2.75) is 25.5 Å². The van der Waals surface area contributed by atoms with Crippen molar-refractivity contribution in [1.29, 1.82) is 0 Å². The molecule has 1 fully saturated rings. The number of ether oxygens (including phenoxy) is 1. The average Bonchev–Trinajstić information content (AvgIpc) is 3.48. The lowest BCUT2D eigenvalue weighted by molar-refractivity contribution is -0.124. The van der Waals surface area contributed by atoms with Crippen molar-refractivity contribution in [3.63, 3.8) is 0 Å². The molecule has 144 valence electrons. The molecule has 1 aliphatic rings. The van der Waals surface area contributed by atoms with Crippen molar-refractivity contribution in [1.82, 2.24) is 5.32 Å². The van der Waals surface area contributed by atoms with Gasteiger partial charge in [-0.15, -0.1) is 11.3 Å². The Morgan fingerprint density at radius 1 is 1.14 bits per heavy atom. The zero-order valence-corrected chi connectivity index (χ0v) is 16.0. The number of amides is 2. The van der Waals surface area contributed by atoms with Crippen LogP contribution in [-0.4, -0.2) is 24.5 Å². The van der Waals surface area contributed by atoms with Gasteiger partial charge in [-0.3, -0.25) is 9.59 Å². The Morgan fingerprint density at radius 2 is 2.00 bits per heavy atom. The molecular formula is C21H20N2O4S. The largest absolute Gasteiger partial charge is 0.467 e. The second kappa shape index (κ2) is 8.41. The zero-order valence-electron chi connectivity index (χ0n) is 15.1. The van der Waals surface area contributed by atoms with Crippen LogP contribution in [0.2, 0.25) is 0 Å². The van der Waals surface area contributed by atoms with E-state index in [1.807, 2.05) is 35.7 Å². The third-order valence-corrected chi connectivity index (χ3v) is 5.46. The molecule has 1 atom stereocenters. The van der Waals surface area contributed by atoms with Gasteiger partial charge in [0, 0.05) is 17.6 Å². The SMILES string of the molecule is O=C(NCc1ccco1)c1c(-c2ccccc2)csc1NC(=O)[C@H]1CCCO1. The molecule has 1 saturated heterocycles. The number of anilines is 1. The standard InChI is InChI=1S/C21H20N2O4S/c24-19(17-9-5-11-27-17)23-21-18(20(25)22-12-15-8-4-10-26-15)16(13-28-21)14-6-2-1-3-7-14/h1-4,6-8,10,13,17H,5,9,11-12H2,(H,22,25)(H,23,24)/t17-/m1/s1. The number of nitrogens with one attached hydrogen (secondary N) is 2. The average molecular weight is 396 g/mol.